The van der Waals surface area contributed by atoms with E-state index in [4.69, 9.17) is 16.3 Å². The Bertz CT molecular complexity index is 439. The van der Waals surface area contributed by atoms with Crippen molar-refractivity contribution in [3.8, 4) is 0 Å². The summed E-state index contributed by atoms with van der Waals surface area (Å²) >= 11 is 5.81. The molecule has 0 aromatic heterocycles. The fourth-order valence-electron chi connectivity index (χ4n) is 1.59. The summed E-state index contributed by atoms with van der Waals surface area (Å²) in [7, 11) is 0. The predicted octanol–water partition coefficient (Wildman–Crippen LogP) is 2.01. The molecule has 0 saturated carbocycles. The van der Waals surface area contributed by atoms with Gasteiger partial charge in [0.2, 0.25) is 0 Å². The first kappa shape index (κ1) is 10.2. The molecule has 1 atom stereocenters. The van der Waals surface area contributed by atoms with Gasteiger partial charge in [-0.05, 0) is 30.7 Å². The van der Waals surface area contributed by atoms with E-state index in [1.807, 2.05) is 0 Å². The quantitative estimate of drug-likeness (QED) is 0.686. The van der Waals surface area contributed by atoms with Gasteiger partial charge in [-0.25, -0.2) is 4.79 Å². The molecule has 1 aliphatic rings. The number of rotatable bonds is 1. The van der Waals surface area contributed by atoms with Gasteiger partial charge in [0.15, 0.2) is 11.9 Å². The van der Waals surface area contributed by atoms with Gasteiger partial charge in [-0.15, -0.1) is 0 Å². The van der Waals surface area contributed by atoms with E-state index in [1.54, 1.807) is 18.2 Å². The van der Waals surface area contributed by atoms with Gasteiger partial charge in [0.1, 0.15) is 0 Å². The summed E-state index contributed by atoms with van der Waals surface area (Å²) < 4.78 is 4.98. The average Bonchev–Trinajstić information content (AvgIpc) is 2.16. The van der Waals surface area contributed by atoms with Crippen molar-refractivity contribution in [1.82, 2.24) is 0 Å². The minimum absolute atomic E-state index is 0.144. The van der Waals surface area contributed by atoms with Crippen molar-refractivity contribution in [2.45, 2.75) is 19.4 Å². The van der Waals surface area contributed by atoms with Crippen molar-refractivity contribution in [1.29, 1.82) is 0 Å². The molecule has 78 valence electrons. The summed E-state index contributed by atoms with van der Waals surface area (Å²) in [5, 5.41) is 0.561. The van der Waals surface area contributed by atoms with E-state index in [1.165, 1.54) is 6.92 Å². The number of hydrogen-bond donors (Lipinski definition) is 0. The molecule has 1 aromatic rings. The first-order valence-corrected chi connectivity index (χ1v) is 4.95. The Morgan fingerprint density at radius 3 is 2.93 bits per heavy atom. The topological polar surface area (TPSA) is 43.4 Å². The van der Waals surface area contributed by atoms with Crippen LogP contribution in [0.5, 0.6) is 0 Å². The molecule has 4 heteroatoms. The molecule has 0 radical (unpaired) electrons. The molecule has 1 heterocycles. The van der Waals surface area contributed by atoms with Crippen LogP contribution in [0.1, 0.15) is 22.8 Å². The molecule has 2 rings (SSSR count). The second kappa shape index (κ2) is 3.66. The first-order chi connectivity index (χ1) is 7.08. The van der Waals surface area contributed by atoms with Crippen LogP contribution in [-0.2, 0) is 16.0 Å². The number of halogens is 1. The van der Waals surface area contributed by atoms with Crippen molar-refractivity contribution in [3.05, 3.63) is 34.3 Å². The van der Waals surface area contributed by atoms with E-state index >= 15 is 0 Å². The van der Waals surface area contributed by atoms with Crippen LogP contribution < -0.4 is 0 Å². The zero-order valence-electron chi connectivity index (χ0n) is 8.12. The fourth-order valence-corrected chi connectivity index (χ4v) is 1.79. The van der Waals surface area contributed by atoms with Crippen LogP contribution in [0.2, 0.25) is 5.02 Å². The van der Waals surface area contributed by atoms with Gasteiger partial charge in [0.05, 0.1) is 5.56 Å². The van der Waals surface area contributed by atoms with Crippen LogP contribution in [0.25, 0.3) is 0 Å². The fraction of sp³-hybridized carbons (Fsp3) is 0.273. The van der Waals surface area contributed by atoms with Gasteiger partial charge in [-0.3, -0.25) is 4.79 Å². The van der Waals surface area contributed by atoms with E-state index in [-0.39, 0.29) is 5.78 Å². The highest BCUT2D eigenvalue weighted by atomic mass is 35.5. The minimum Gasteiger partial charge on any atom is -0.450 e. The highest BCUT2D eigenvalue weighted by Gasteiger charge is 2.28. The molecular weight excluding hydrogens is 216 g/mol. The standard InChI is InChI=1S/C11H9ClO3/c1-6(13)10-5-7-4-8(12)2-3-9(7)11(14)15-10/h2-4,10H,5H2,1H3. The highest BCUT2D eigenvalue weighted by Crippen LogP contribution is 2.24. The van der Waals surface area contributed by atoms with Crippen LogP contribution >= 0.6 is 11.6 Å². The SMILES string of the molecule is CC(=O)C1Cc2cc(Cl)ccc2C(=O)O1. The van der Waals surface area contributed by atoms with Crippen LogP contribution in [-0.4, -0.2) is 17.9 Å². The van der Waals surface area contributed by atoms with Gasteiger partial charge in [-0.2, -0.15) is 0 Å². The second-order valence-corrected chi connectivity index (χ2v) is 3.95. The molecule has 0 amide bonds. The van der Waals surface area contributed by atoms with Crippen LogP contribution in [0, 0.1) is 0 Å². The molecule has 3 nitrogen and oxygen atoms in total. The number of ether oxygens (including phenoxy) is 1. The number of Topliss-reactive ketones (excluding diaryl/α,β-unsaturated/α-hetero) is 1. The average molecular weight is 225 g/mol. The van der Waals surface area contributed by atoms with Crippen LogP contribution in [0.4, 0.5) is 0 Å². The molecule has 1 unspecified atom stereocenters. The van der Waals surface area contributed by atoms with Gasteiger partial charge >= 0.3 is 5.97 Å². The van der Waals surface area contributed by atoms with Crippen molar-refractivity contribution in [3.63, 3.8) is 0 Å². The van der Waals surface area contributed by atoms with Gasteiger partial charge in [0, 0.05) is 11.4 Å². The Morgan fingerprint density at radius 2 is 2.27 bits per heavy atom. The molecule has 1 aromatic carbocycles. The highest BCUT2D eigenvalue weighted by molar-refractivity contribution is 6.30. The predicted molar refractivity (Wildman–Crippen MR) is 55.0 cm³/mol. The smallest absolute Gasteiger partial charge is 0.339 e. The van der Waals surface area contributed by atoms with E-state index in [2.05, 4.69) is 0 Å². The lowest BCUT2D eigenvalue weighted by molar-refractivity contribution is -0.125. The molecule has 1 aliphatic heterocycles. The van der Waals surface area contributed by atoms with E-state index in [0.29, 0.717) is 17.0 Å². The van der Waals surface area contributed by atoms with Crippen LogP contribution in [0.3, 0.4) is 0 Å². The normalized spacial score (nSPS) is 19.3. The maximum absolute atomic E-state index is 11.5. The third-order valence-corrected chi connectivity index (χ3v) is 2.63. The lowest BCUT2D eigenvalue weighted by Crippen LogP contribution is -2.32. The maximum Gasteiger partial charge on any atom is 0.339 e. The Hall–Kier alpha value is -1.35. The number of esters is 1. The number of carbonyl (C=O) groups is 2. The lowest BCUT2D eigenvalue weighted by atomic mass is 9.97. The summed E-state index contributed by atoms with van der Waals surface area (Å²) in [6.45, 7) is 1.41. The monoisotopic (exact) mass is 224 g/mol. The molecule has 0 bridgehead atoms. The third kappa shape index (κ3) is 1.88. The zero-order valence-corrected chi connectivity index (χ0v) is 8.88. The molecule has 0 saturated heterocycles. The molecule has 0 spiro atoms. The number of carbonyl (C=O) groups excluding carboxylic acids is 2. The molecule has 0 aliphatic carbocycles. The van der Waals surface area contributed by atoms with Crippen molar-refractivity contribution < 1.29 is 14.3 Å². The second-order valence-electron chi connectivity index (χ2n) is 3.51. The number of cyclic esters (lactones) is 1. The maximum atomic E-state index is 11.5. The molecule has 0 fully saturated rings. The Labute approximate surface area is 92.0 Å². The van der Waals surface area contributed by atoms with Crippen molar-refractivity contribution >= 4 is 23.4 Å². The zero-order chi connectivity index (χ0) is 11.0. The van der Waals surface area contributed by atoms with Crippen LogP contribution in [0.15, 0.2) is 18.2 Å². The number of ketones is 1. The Balaban J connectivity index is 2.41. The minimum atomic E-state index is -0.663. The Kier molecular flexibility index (Phi) is 2.49. The van der Waals surface area contributed by atoms with Gasteiger partial charge in [0.25, 0.3) is 0 Å². The molecular formula is C11H9ClO3. The van der Waals surface area contributed by atoms with E-state index < -0.39 is 12.1 Å². The number of fused-ring (bicyclic) bond motifs is 1. The summed E-state index contributed by atoms with van der Waals surface area (Å²) in [6.07, 6.45) is -0.250. The summed E-state index contributed by atoms with van der Waals surface area (Å²) in [6, 6.07) is 4.96. The first-order valence-electron chi connectivity index (χ1n) is 4.58. The summed E-state index contributed by atoms with van der Waals surface area (Å²) in [5.41, 5.74) is 1.27. The largest absolute Gasteiger partial charge is 0.450 e. The third-order valence-electron chi connectivity index (χ3n) is 2.40. The van der Waals surface area contributed by atoms with E-state index in [0.717, 1.165) is 5.56 Å². The van der Waals surface area contributed by atoms with Crippen molar-refractivity contribution in [2.24, 2.45) is 0 Å². The summed E-state index contributed by atoms with van der Waals surface area (Å²) in [4.78, 5) is 22.6. The van der Waals surface area contributed by atoms with Gasteiger partial charge < -0.3 is 4.74 Å². The van der Waals surface area contributed by atoms with Crippen molar-refractivity contribution in [2.75, 3.05) is 0 Å². The Morgan fingerprint density at radius 1 is 1.53 bits per heavy atom. The number of hydrogen-bond acceptors (Lipinski definition) is 3. The lowest BCUT2D eigenvalue weighted by Gasteiger charge is -2.22. The molecule has 15 heavy (non-hydrogen) atoms. The number of benzene rings is 1. The van der Waals surface area contributed by atoms with E-state index in [9.17, 15) is 9.59 Å². The molecule has 0 N–H and O–H groups in total. The summed E-state index contributed by atoms with van der Waals surface area (Å²) in [5.74, 6) is -0.595. The van der Waals surface area contributed by atoms with Gasteiger partial charge in [-0.1, -0.05) is 11.6 Å².